The predicted octanol–water partition coefficient (Wildman–Crippen LogP) is 1.76. The zero-order chi connectivity index (χ0) is 15.0. The van der Waals surface area contributed by atoms with E-state index in [4.69, 9.17) is 10.8 Å². The van der Waals surface area contributed by atoms with Crippen LogP contribution in [0.25, 0.3) is 0 Å². The van der Waals surface area contributed by atoms with Gasteiger partial charge in [0.15, 0.2) is 0 Å². The standard InChI is InChI=1S/C14H28N2O3/c1-9(2)11(15)5-7-13(17)16-12(10(3)4)6-8-14(18)19/h9-12H,5-8,15H2,1-4H3,(H,16,17)(H,18,19). The number of carboxylic acid groups (broad SMARTS) is 1. The molecular weight excluding hydrogens is 244 g/mol. The fourth-order valence-corrected chi connectivity index (χ4v) is 1.76. The minimum absolute atomic E-state index is 0.0299. The summed E-state index contributed by atoms with van der Waals surface area (Å²) in [6.45, 7) is 8.03. The summed E-state index contributed by atoms with van der Waals surface area (Å²) >= 11 is 0. The molecule has 0 saturated heterocycles. The van der Waals surface area contributed by atoms with Gasteiger partial charge in [-0.1, -0.05) is 27.7 Å². The highest BCUT2D eigenvalue weighted by Gasteiger charge is 2.18. The van der Waals surface area contributed by atoms with Gasteiger partial charge in [0.2, 0.25) is 5.91 Å². The third kappa shape index (κ3) is 8.59. The number of hydrogen-bond acceptors (Lipinski definition) is 3. The van der Waals surface area contributed by atoms with E-state index in [1.807, 2.05) is 27.7 Å². The molecule has 112 valence electrons. The average molecular weight is 272 g/mol. The monoisotopic (exact) mass is 272 g/mol. The maximum absolute atomic E-state index is 11.8. The quantitative estimate of drug-likeness (QED) is 0.596. The minimum Gasteiger partial charge on any atom is -0.481 e. The van der Waals surface area contributed by atoms with Gasteiger partial charge in [0, 0.05) is 24.9 Å². The Bertz CT molecular complexity index is 290. The van der Waals surface area contributed by atoms with Crippen molar-refractivity contribution in [2.24, 2.45) is 17.6 Å². The molecule has 2 atom stereocenters. The molecule has 5 nitrogen and oxygen atoms in total. The summed E-state index contributed by atoms with van der Waals surface area (Å²) in [5.41, 5.74) is 5.90. The highest BCUT2D eigenvalue weighted by molar-refractivity contribution is 5.76. The molecule has 0 aliphatic carbocycles. The molecule has 0 aromatic rings. The maximum atomic E-state index is 11.8. The van der Waals surface area contributed by atoms with Gasteiger partial charge in [-0.05, 0) is 24.7 Å². The van der Waals surface area contributed by atoms with Crippen LogP contribution in [0.4, 0.5) is 0 Å². The van der Waals surface area contributed by atoms with Crippen molar-refractivity contribution in [3.63, 3.8) is 0 Å². The lowest BCUT2D eigenvalue weighted by Gasteiger charge is -2.22. The van der Waals surface area contributed by atoms with Crippen molar-refractivity contribution in [1.29, 1.82) is 0 Å². The molecule has 0 heterocycles. The van der Waals surface area contributed by atoms with Gasteiger partial charge in [-0.2, -0.15) is 0 Å². The van der Waals surface area contributed by atoms with E-state index < -0.39 is 5.97 Å². The SMILES string of the molecule is CC(C)C(N)CCC(=O)NC(CCC(=O)O)C(C)C. The molecule has 0 aliphatic heterocycles. The van der Waals surface area contributed by atoms with E-state index in [2.05, 4.69) is 5.32 Å². The van der Waals surface area contributed by atoms with Crippen molar-refractivity contribution >= 4 is 11.9 Å². The number of carbonyl (C=O) groups excluding carboxylic acids is 1. The molecule has 0 bridgehead atoms. The average Bonchev–Trinajstić information content (AvgIpc) is 2.30. The van der Waals surface area contributed by atoms with Crippen molar-refractivity contribution < 1.29 is 14.7 Å². The number of carboxylic acids is 1. The molecule has 4 N–H and O–H groups in total. The van der Waals surface area contributed by atoms with E-state index >= 15 is 0 Å². The maximum Gasteiger partial charge on any atom is 0.303 e. The predicted molar refractivity (Wildman–Crippen MR) is 75.7 cm³/mol. The van der Waals surface area contributed by atoms with Crippen LogP contribution in [0.5, 0.6) is 0 Å². The van der Waals surface area contributed by atoms with Crippen LogP contribution in [-0.4, -0.2) is 29.1 Å². The lowest BCUT2D eigenvalue weighted by atomic mass is 9.97. The van der Waals surface area contributed by atoms with Gasteiger partial charge >= 0.3 is 5.97 Å². The van der Waals surface area contributed by atoms with Crippen molar-refractivity contribution in [2.75, 3.05) is 0 Å². The summed E-state index contributed by atoms with van der Waals surface area (Å²) in [7, 11) is 0. The lowest BCUT2D eigenvalue weighted by Crippen LogP contribution is -2.39. The Balaban J connectivity index is 4.13. The highest BCUT2D eigenvalue weighted by Crippen LogP contribution is 2.10. The fourth-order valence-electron chi connectivity index (χ4n) is 1.76. The number of hydrogen-bond donors (Lipinski definition) is 3. The topological polar surface area (TPSA) is 92.4 Å². The second kappa shape index (κ2) is 8.91. The van der Waals surface area contributed by atoms with E-state index in [1.54, 1.807) is 0 Å². The van der Waals surface area contributed by atoms with Crippen LogP contribution in [0.3, 0.4) is 0 Å². The first-order chi connectivity index (χ1) is 8.73. The largest absolute Gasteiger partial charge is 0.481 e. The van der Waals surface area contributed by atoms with Gasteiger partial charge in [-0.25, -0.2) is 0 Å². The second-order valence-electron chi connectivity index (χ2n) is 5.80. The Morgan fingerprint density at radius 2 is 1.63 bits per heavy atom. The van der Waals surface area contributed by atoms with Gasteiger partial charge in [-0.3, -0.25) is 9.59 Å². The molecular formula is C14H28N2O3. The Morgan fingerprint density at radius 3 is 2.05 bits per heavy atom. The third-order valence-electron chi connectivity index (χ3n) is 3.38. The van der Waals surface area contributed by atoms with E-state index in [9.17, 15) is 9.59 Å². The minimum atomic E-state index is -0.832. The van der Waals surface area contributed by atoms with Crippen molar-refractivity contribution in [2.45, 2.75) is 65.5 Å². The number of nitrogens with one attached hydrogen (secondary N) is 1. The molecule has 19 heavy (non-hydrogen) atoms. The fraction of sp³-hybridized carbons (Fsp3) is 0.857. The summed E-state index contributed by atoms with van der Waals surface area (Å²) < 4.78 is 0. The third-order valence-corrected chi connectivity index (χ3v) is 3.38. The molecule has 0 aromatic carbocycles. The van der Waals surface area contributed by atoms with Crippen LogP contribution in [0.1, 0.15) is 53.4 Å². The number of aliphatic carboxylic acids is 1. The van der Waals surface area contributed by atoms with Crippen LogP contribution < -0.4 is 11.1 Å². The van der Waals surface area contributed by atoms with Gasteiger partial charge in [-0.15, -0.1) is 0 Å². The molecule has 0 rings (SSSR count). The molecule has 0 saturated carbocycles. The van der Waals surface area contributed by atoms with Crippen LogP contribution in [0.15, 0.2) is 0 Å². The first-order valence-electron chi connectivity index (χ1n) is 7.00. The lowest BCUT2D eigenvalue weighted by molar-refractivity contribution is -0.137. The van der Waals surface area contributed by atoms with Crippen molar-refractivity contribution in [3.05, 3.63) is 0 Å². The summed E-state index contributed by atoms with van der Waals surface area (Å²) in [6.07, 6.45) is 1.60. The van der Waals surface area contributed by atoms with Crippen LogP contribution in [0.2, 0.25) is 0 Å². The first kappa shape index (κ1) is 17.9. The smallest absolute Gasteiger partial charge is 0.303 e. The van der Waals surface area contributed by atoms with Crippen LogP contribution in [-0.2, 0) is 9.59 Å². The van der Waals surface area contributed by atoms with Gasteiger partial charge in [0.05, 0.1) is 0 Å². The van der Waals surface area contributed by atoms with Crippen molar-refractivity contribution in [3.8, 4) is 0 Å². The summed E-state index contributed by atoms with van der Waals surface area (Å²) in [5, 5.41) is 11.6. The zero-order valence-corrected chi connectivity index (χ0v) is 12.5. The Kier molecular flexibility index (Phi) is 8.39. The van der Waals surface area contributed by atoms with E-state index in [-0.39, 0.29) is 30.3 Å². The molecule has 0 aromatic heterocycles. The van der Waals surface area contributed by atoms with Crippen LogP contribution >= 0.6 is 0 Å². The van der Waals surface area contributed by atoms with E-state index in [0.717, 1.165) is 0 Å². The second-order valence-corrected chi connectivity index (χ2v) is 5.80. The molecule has 0 spiro atoms. The van der Waals surface area contributed by atoms with E-state index in [1.165, 1.54) is 0 Å². The van der Waals surface area contributed by atoms with Crippen LogP contribution in [0, 0.1) is 11.8 Å². The van der Waals surface area contributed by atoms with Gasteiger partial charge < -0.3 is 16.2 Å². The number of rotatable bonds is 9. The summed E-state index contributed by atoms with van der Waals surface area (Å²) in [6, 6.07) is -0.0545. The van der Waals surface area contributed by atoms with E-state index in [0.29, 0.717) is 25.2 Å². The molecule has 0 aliphatic rings. The Morgan fingerprint density at radius 1 is 1.05 bits per heavy atom. The number of carbonyl (C=O) groups is 2. The summed E-state index contributed by atoms with van der Waals surface area (Å²) in [5.74, 6) is -0.287. The highest BCUT2D eigenvalue weighted by atomic mass is 16.4. The van der Waals surface area contributed by atoms with Crippen molar-refractivity contribution in [1.82, 2.24) is 5.32 Å². The normalized spacial score (nSPS) is 14.5. The Hall–Kier alpha value is -1.10. The van der Waals surface area contributed by atoms with Gasteiger partial charge in [0.1, 0.15) is 0 Å². The molecule has 1 amide bonds. The Labute approximate surface area is 115 Å². The zero-order valence-electron chi connectivity index (χ0n) is 12.5. The molecule has 0 radical (unpaired) electrons. The van der Waals surface area contributed by atoms with Gasteiger partial charge in [0.25, 0.3) is 0 Å². The first-order valence-corrected chi connectivity index (χ1v) is 7.00. The summed E-state index contributed by atoms with van der Waals surface area (Å²) in [4.78, 5) is 22.4. The molecule has 5 heteroatoms. The molecule has 2 unspecified atom stereocenters. The molecule has 0 fully saturated rings. The number of nitrogens with two attached hydrogens (primary N) is 1. The number of amides is 1.